The molecule has 0 atom stereocenters. The van der Waals surface area contributed by atoms with Gasteiger partial charge in [0.2, 0.25) is 0 Å². The lowest BCUT2D eigenvalue weighted by atomic mass is 9.46. The number of hydrogen-bond donors (Lipinski definition) is 0. The van der Waals surface area contributed by atoms with Crippen molar-refractivity contribution in [1.29, 1.82) is 0 Å². The zero-order valence-electron chi connectivity index (χ0n) is 10.4. The second-order valence-corrected chi connectivity index (χ2v) is 7.32. The van der Waals surface area contributed by atoms with Crippen molar-refractivity contribution in [2.24, 2.45) is 23.2 Å². The van der Waals surface area contributed by atoms with Crippen LogP contribution in [0.2, 0.25) is 0 Å². The van der Waals surface area contributed by atoms with Crippen molar-refractivity contribution in [3.8, 4) is 0 Å². The van der Waals surface area contributed by atoms with Gasteiger partial charge in [0.05, 0.1) is 5.60 Å². The van der Waals surface area contributed by atoms with E-state index in [1.807, 2.05) is 0 Å². The van der Waals surface area contributed by atoms with E-state index in [4.69, 9.17) is 4.43 Å². The minimum absolute atomic E-state index is 0.162. The van der Waals surface area contributed by atoms with Gasteiger partial charge in [-0.25, -0.2) is 0 Å². The molecule has 4 bridgehead atoms. The van der Waals surface area contributed by atoms with Crippen LogP contribution in [0.3, 0.4) is 0 Å². The Bertz CT molecular complexity index is 236. The van der Waals surface area contributed by atoms with Gasteiger partial charge < -0.3 is 4.43 Å². The molecule has 0 radical (unpaired) electrons. The number of rotatable bonds is 2. The first kappa shape index (κ1) is 10.3. The Morgan fingerprint density at radius 3 is 1.73 bits per heavy atom. The van der Waals surface area contributed by atoms with E-state index >= 15 is 0 Å². The molecule has 86 valence electrons. The molecule has 0 aromatic heterocycles. The van der Waals surface area contributed by atoms with Crippen LogP contribution in [0.4, 0.5) is 0 Å². The van der Waals surface area contributed by atoms with Crippen molar-refractivity contribution in [2.45, 2.75) is 58.0 Å². The summed E-state index contributed by atoms with van der Waals surface area (Å²) >= 11 is 0. The van der Waals surface area contributed by atoms with Crippen LogP contribution in [0.25, 0.3) is 0 Å². The third-order valence-electron chi connectivity index (χ3n) is 5.83. The fourth-order valence-corrected chi connectivity index (χ4v) is 5.50. The van der Waals surface area contributed by atoms with Gasteiger partial charge in [-0.15, -0.1) is 0 Å². The standard InChI is InChI=1S/C13H24OSi/c1-12(2,14-15)13-6-9-3-10(7-13)5-11(4-9)8-13/h9-11H,3-8H2,1-2,15H3. The predicted molar refractivity (Wildman–Crippen MR) is 65.7 cm³/mol. The zero-order chi connectivity index (χ0) is 10.7. The highest BCUT2D eigenvalue weighted by Crippen LogP contribution is 2.64. The Hall–Kier alpha value is 0.177. The molecule has 0 aliphatic heterocycles. The molecule has 4 aliphatic carbocycles. The van der Waals surface area contributed by atoms with Crippen molar-refractivity contribution in [2.75, 3.05) is 0 Å². The lowest BCUT2D eigenvalue weighted by Gasteiger charge is -2.62. The van der Waals surface area contributed by atoms with Crippen LogP contribution in [-0.2, 0) is 4.43 Å². The molecule has 2 heteroatoms. The molecule has 0 aromatic carbocycles. The molecule has 4 saturated carbocycles. The van der Waals surface area contributed by atoms with Crippen LogP contribution in [0, 0.1) is 23.2 Å². The highest BCUT2D eigenvalue weighted by atomic mass is 28.2. The maximum atomic E-state index is 5.96. The molecule has 0 heterocycles. The Balaban J connectivity index is 1.93. The van der Waals surface area contributed by atoms with Crippen LogP contribution < -0.4 is 0 Å². The fraction of sp³-hybridized carbons (Fsp3) is 1.00. The molecule has 0 amide bonds. The maximum Gasteiger partial charge on any atom is 0.146 e. The van der Waals surface area contributed by atoms with Gasteiger partial charge in [0.25, 0.3) is 0 Å². The van der Waals surface area contributed by atoms with Gasteiger partial charge in [0.15, 0.2) is 0 Å². The molecule has 1 nitrogen and oxygen atoms in total. The van der Waals surface area contributed by atoms with Gasteiger partial charge in [-0.05, 0) is 75.5 Å². The normalized spacial score (nSPS) is 48.8. The molecule has 0 unspecified atom stereocenters. The van der Waals surface area contributed by atoms with E-state index in [0.29, 0.717) is 5.41 Å². The van der Waals surface area contributed by atoms with Crippen molar-refractivity contribution in [1.82, 2.24) is 0 Å². The maximum absolute atomic E-state index is 5.96. The van der Waals surface area contributed by atoms with Crippen LogP contribution in [0.5, 0.6) is 0 Å². The highest BCUT2D eigenvalue weighted by molar-refractivity contribution is 5.98. The summed E-state index contributed by atoms with van der Waals surface area (Å²) in [4.78, 5) is 0. The molecule has 0 saturated heterocycles. The third-order valence-corrected chi connectivity index (χ3v) is 6.85. The number of hydrogen-bond acceptors (Lipinski definition) is 1. The fourth-order valence-electron chi connectivity index (χ4n) is 5.06. The summed E-state index contributed by atoms with van der Waals surface area (Å²) in [6, 6.07) is 0. The lowest BCUT2D eigenvalue weighted by Crippen LogP contribution is -2.56. The van der Waals surface area contributed by atoms with E-state index in [1.54, 1.807) is 0 Å². The SMILES string of the molecule is CC(C)(O[SiH3])C12CC3CC(CC(C3)C1)C2. The third kappa shape index (κ3) is 1.37. The molecular weight excluding hydrogens is 200 g/mol. The van der Waals surface area contributed by atoms with Crippen molar-refractivity contribution in [3.63, 3.8) is 0 Å². The Labute approximate surface area is 96.5 Å². The van der Waals surface area contributed by atoms with Crippen molar-refractivity contribution < 1.29 is 4.43 Å². The van der Waals surface area contributed by atoms with Gasteiger partial charge in [-0.3, -0.25) is 0 Å². The molecule has 0 spiro atoms. The minimum atomic E-state index is 0.162. The minimum Gasteiger partial charge on any atom is -0.422 e. The average Bonchev–Trinajstić information content (AvgIpc) is 2.15. The summed E-state index contributed by atoms with van der Waals surface area (Å²) in [7, 11) is 0.894. The van der Waals surface area contributed by atoms with Gasteiger partial charge >= 0.3 is 0 Å². The van der Waals surface area contributed by atoms with E-state index in [1.165, 1.54) is 38.5 Å². The van der Waals surface area contributed by atoms with Crippen LogP contribution >= 0.6 is 0 Å². The van der Waals surface area contributed by atoms with Crippen LogP contribution in [0.1, 0.15) is 52.4 Å². The quantitative estimate of drug-likeness (QED) is 0.654. The lowest BCUT2D eigenvalue weighted by molar-refractivity contribution is -0.148. The van der Waals surface area contributed by atoms with E-state index in [2.05, 4.69) is 13.8 Å². The smallest absolute Gasteiger partial charge is 0.146 e. The second kappa shape index (κ2) is 3.10. The molecule has 4 fully saturated rings. The summed E-state index contributed by atoms with van der Waals surface area (Å²) < 4.78 is 5.96. The highest BCUT2D eigenvalue weighted by Gasteiger charge is 2.57. The average molecular weight is 224 g/mol. The first-order chi connectivity index (χ1) is 7.05. The summed E-state index contributed by atoms with van der Waals surface area (Å²) in [5.41, 5.74) is 0.721. The van der Waals surface area contributed by atoms with E-state index in [0.717, 1.165) is 28.2 Å². The van der Waals surface area contributed by atoms with E-state index in [-0.39, 0.29) is 5.60 Å². The molecule has 4 aliphatic rings. The topological polar surface area (TPSA) is 9.23 Å². The summed E-state index contributed by atoms with van der Waals surface area (Å²) in [5.74, 6) is 3.15. The van der Waals surface area contributed by atoms with Gasteiger partial charge in [0.1, 0.15) is 10.5 Å². The van der Waals surface area contributed by atoms with Crippen molar-refractivity contribution in [3.05, 3.63) is 0 Å². The summed E-state index contributed by atoms with van der Waals surface area (Å²) in [6.07, 6.45) is 9.01. The second-order valence-electron chi connectivity index (χ2n) is 6.91. The zero-order valence-corrected chi connectivity index (χ0v) is 12.4. The molecular formula is C13H24OSi. The van der Waals surface area contributed by atoms with Gasteiger partial charge in [-0.2, -0.15) is 0 Å². The molecule has 4 rings (SSSR count). The van der Waals surface area contributed by atoms with Crippen molar-refractivity contribution >= 4 is 10.5 Å². The van der Waals surface area contributed by atoms with Gasteiger partial charge in [-0.1, -0.05) is 0 Å². The Kier molecular flexibility index (Phi) is 2.14. The Morgan fingerprint density at radius 1 is 1.00 bits per heavy atom. The molecule has 0 N–H and O–H groups in total. The van der Waals surface area contributed by atoms with Gasteiger partial charge in [0, 0.05) is 0 Å². The summed E-state index contributed by atoms with van der Waals surface area (Å²) in [5, 5.41) is 0. The van der Waals surface area contributed by atoms with E-state index < -0.39 is 0 Å². The molecule has 0 aromatic rings. The summed E-state index contributed by atoms with van der Waals surface area (Å²) in [6.45, 7) is 4.71. The van der Waals surface area contributed by atoms with Crippen LogP contribution in [-0.4, -0.2) is 16.1 Å². The first-order valence-electron chi connectivity index (χ1n) is 6.60. The Morgan fingerprint density at radius 2 is 1.40 bits per heavy atom. The largest absolute Gasteiger partial charge is 0.422 e. The van der Waals surface area contributed by atoms with Crippen LogP contribution in [0.15, 0.2) is 0 Å². The van der Waals surface area contributed by atoms with E-state index in [9.17, 15) is 0 Å². The first-order valence-corrected chi connectivity index (χ1v) is 7.41. The molecule has 15 heavy (non-hydrogen) atoms. The monoisotopic (exact) mass is 224 g/mol. The predicted octanol–water partition coefficient (Wildman–Crippen LogP) is 2.28.